The monoisotopic (exact) mass is 293 g/mol. The van der Waals surface area contributed by atoms with E-state index in [1.54, 1.807) is 6.33 Å². The lowest BCUT2D eigenvalue weighted by Gasteiger charge is -2.35. The molecule has 1 aromatic rings. The van der Waals surface area contributed by atoms with E-state index in [0.717, 1.165) is 57.2 Å². The summed E-state index contributed by atoms with van der Waals surface area (Å²) in [6.45, 7) is 3.88. The highest BCUT2D eigenvalue weighted by molar-refractivity contribution is 5.36. The largest absolute Gasteiger partial charge is 0.396 e. The standard InChI is InChI=1S/C15H23N3O3/c19-10-15(2-5-20-6-3-15)9-16-14-7-13(17-11-18-14)12-1-4-21-8-12/h7,11-12,19H,1-6,8-10H2,(H,16,17,18)/t12-/m1/s1. The van der Waals surface area contributed by atoms with Crippen molar-refractivity contribution in [3.05, 3.63) is 18.1 Å². The predicted octanol–water partition coefficient (Wildman–Crippen LogP) is 1.18. The molecule has 0 aromatic carbocycles. The number of aliphatic hydroxyl groups is 1. The third-order valence-corrected chi connectivity index (χ3v) is 4.57. The average molecular weight is 293 g/mol. The third-order valence-electron chi connectivity index (χ3n) is 4.57. The number of ether oxygens (including phenoxy) is 2. The summed E-state index contributed by atoms with van der Waals surface area (Å²) in [7, 11) is 0. The van der Waals surface area contributed by atoms with Crippen LogP contribution in [0.15, 0.2) is 12.4 Å². The summed E-state index contributed by atoms with van der Waals surface area (Å²) in [6.07, 6.45) is 4.38. The van der Waals surface area contributed by atoms with Gasteiger partial charge in [-0.15, -0.1) is 0 Å². The SMILES string of the molecule is OCC1(CNc2cc([C@@H]3CCOC3)ncn2)CCOCC1. The van der Waals surface area contributed by atoms with Gasteiger partial charge in [0, 0.05) is 43.8 Å². The minimum Gasteiger partial charge on any atom is -0.396 e. The van der Waals surface area contributed by atoms with Gasteiger partial charge in [0.1, 0.15) is 12.1 Å². The molecule has 21 heavy (non-hydrogen) atoms. The topological polar surface area (TPSA) is 76.5 Å². The molecule has 0 aliphatic carbocycles. The Balaban J connectivity index is 1.63. The summed E-state index contributed by atoms with van der Waals surface area (Å²) in [6, 6.07) is 2.00. The molecule has 0 spiro atoms. The molecule has 2 N–H and O–H groups in total. The zero-order valence-corrected chi connectivity index (χ0v) is 12.3. The van der Waals surface area contributed by atoms with Crippen LogP contribution in [-0.4, -0.2) is 54.7 Å². The minimum absolute atomic E-state index is 0.0974. The van der Waals surface area contributed by atoms with Gasteiger partial charge in [-0.3, -0.25) is 0 Å². The van der Waals surface area contributed by atoms with Gasteiger partial charge < -0.3 is 19.9 Å². The van der Waals surface area contributed by atoms with Gasteiger partial charge in [-0.05, 0) is 19.3 Å². The minimum atomic E-state index is -0.0974. The maximum absolute atomic E-state index is 9.70. The summed E-state index contributed by atoms with van der Waals surface area (Å²) >= 11 is 0. The number of hydrogen-bond acceptors (Lipinski definition) is 6. The maximum Gasteiger partial charge on any atom is 0.129 e. The molecule has 0 unspecified atom stereocenters. The number of rotatable bonds is 5. The highest BCUT2D eigenvalue weighted by atomic mass is 16.5. The van der Waals surface area contributed by atoms with Crippen LogP contribution >= 0.6 is 0 Å². The smallest absolute Gasteiger partial charge is 0.129 e. The van der Waals surface area contributed by atoms with Crippen molar-refractivity contribution in [2.45, 2.75) is 25.2 Å². The molecule has 2 aliphatic rings. The quantitative estimate of drug-likeness (QED) is 0.849. The van der Waals surface area contributed by atoms with E-state index >= 15 is 0 Å². The van der Waals surface area contributed by atoms with E-state index in [1.807, 2.05) is 6.07 Å². The van der Waals surface area contributed by atoms with Gasteiger partial charge in [0.05, 0.1) is 18.9 Å². The molecule has 1 atom stereocenters. The summed E-state index contributed by atoms with van der Waals surface area (Å²) in [5.41, 5.74) is 0.940. The van der Waals surface area contributed by atoms with Crippen LogP contribution in [0.3, 0.4) is 0 Å². The Kier molecular flexibility index (Phi) is 4.67. The van der Waals surface area contributed by atoms with Crippen molar-refractivity contribution in [1.29, 1.82) is 0 Å². The van der Waals surface area contributed by atoms with Gasteiger partial charge in [0.15, 0.2) is 0 Å². The molecule has 6 nitrogen and oxygen atoms in total. The predicted molar refractivity (Wildman–Crippen MR) is 78.3 cm³/mol. The second kappa shape index (κ2) is 6.68. The highest BCUT2D eigenvalue weighted by Gasteiger charge is 2.32. The van der Waals surface area contributed by atoms with Crippen molar-refractivity contribution in [2.24, 2.45) is 5.41 Å². The first-order chi connectivity index (χ1) is 10.3. The van der Waals surface area contributed by atoms with Crippen molar-refractivity contribution < 1.29 is 14.6 Å². The number of anilines is 1. The van der Waals surface area contributed by atoms with Crippen LogP contribution in [0.1, 0.15) is 30.9 Å². The van der Waals surface area contributed by atoms with Crippen LogP contribution in [0.2, 0.25) is 0 Å². The molecule has 2 aliphatic heterocycles. The Hall–Kier alpha value is -1.24. The fourth-order valence-electron chi connectivity index (χ4n) is 2.93. The average Bonchev–Trinajstić information content (AvgIpc) is 3.09. The van der Waals surface area contributed by atoms with Crippen LogP contribution in [0.5, 0.6) is 0 Å². The van der Waals surface area contributed by atoms with Crippen LogP contribution in [0, 0.1) is 5.41 Å². The van der Waals surface area contributed by atoms with Crippen molar-refractivity contribution in [3.8, 4) is 0 Å². The Bertz CT molecular complexity index is 457. The van der Waals surface area contributed by atoms with Gasteiger partial charge in [-0.1, -0.05) is 0 Å². The summed E-state index contributed by atoms with van der Waals surface area (Å²) in [5.74, 6) is 1.20. The van der Waals surface area contributed by atoms with Crippen LogP contribution in [0.25, 0.3) is 0 Å². The fourth-order valence-corrected chi connectivity index (χ4v) is 2.93. The van der Waals surface area contributed by atoms with Crippen molar-refractivity contribution >= 4 is 5.82 Å². The molecule has 116 valence electrons. The van der Waals surface area contributed by atoms with Gasteiger partial charge in [0.2, 0.25) is 0 Å². The molecule has 1 aromatic heterocycles. The van der Waals surface area contributed by atoms with E-state index in [2.05, 4.69) is 15.3 Å². The molecule has 2 saturated heterocycles. The van der Waals surface area contributed by atoms with E-state index < -0.39 is 0 Å². The normalized spacial score (nSPS) is 24.9. The molecule has 3 rings (SSSR count). The lowest BCUT2D eigenvalue weighted by atomic mass is 9.81. The van der Waals surface area contributed by atoms with Gasteiger partial charge in [0.25, 0.3) is 0 Å². The number of nitrogens with zero attached hydrogens (tertiary/aromatic N) is 2. The molecular weight excluding hydrogens is 270 g/mol. The number of aromatic nitrogens is 2. The molecule has 0 radical (unpaired) electrons. The van der Waals surface area contributed by atoms with E-state index in [9.17, 15) is 5.11 Å². The molecule has 2 fully saturated rings. The van der Waals surface area contributed by atoms with Crippen LogP contribution in [-0.2, 0) is 9.47 Å². The molecule has 6 heteroatoms. The summed E-state index contributed by atoms with van der Waals surface area (Å²) in [5, 5.41) is 13.1. The van der Waals surface area contributed by atoms with E-state index in [1.165, 1.54) is 0 Å². The van der Waals surface area contributed by atoms with Crippen LogP contribution in [0.4, 0.5) is 5.82 Å². The van der Waals surface area contributed by atoms with Crippen molar-refractivity contribution in [2.75, 3.05) is 44.9 Å². The Morgan fingerprint density at radius 1 is 1.24 bits per heavy atom. The first-order valence-electron chi connectivity index (χ1n) is 7.63. The summed E-state index contributed by atoms with van der Waals surface area (Å²) < 4.78 is 10.8. The lowest BCUT2D eigenvalue weighted by Crippen LogP contribution is -2.39. The lowest BCUT2D eigenvalue weighted by molar-refractivity contribution is -0.00862. The third kappa shape index (κ3) is 3.51. The Labute approximate surface area is 124 Å². The van der Waals surface area contributed by atoms with Crippen molar-refractivity contribution in [3.63, 3.8) is 0 Å². The maximum atomic E-state index is 9.70. The zero-order chi connectivity index (χ0) is 14.5. The molecular formula is C15H23N3O3. The number of aliphatic hydroxyl groups excluding tert-OH is 1. The van der Waals surface area contributed by atoms with Gasteiger partial charge >= 0.3 is 0 Å². The molecule has 0 amide bonds. The second-order valence-corrected chi connectivity index (χ2v) is 6.01. The molecule has 0 bridgehead atoms. The van der Waals surface area contributed by atoms with Gasteiger partial charge in [-0.25, -0.2) is 9.97 Å². The van der Waals surface area contributed by atoms with Gasteiger partial charge in [-0.2, -0.15) is 0 Å². The van der Waals surface area contributed by atoms with E-state index in [-0.39, 0.29) is 12.0 Å². The van der Waals surface area contributed by atoms with E-state index in [0.29, 0.717) is 12.5 Å². The Morgan fingerprint density at radius 3 is 2.81 bits per heavy atom. The second-order valence-electron chi connectivity index (χ2n) is 6.01. The Morgan fingerprint density at radius 2 is 2.10 bits per heavy atom. The fraction of sp³-hybridized carbons (Fsp3) is 0.733. The zero-order valence-electron chi connectivity index (χ0n) is 12.3. The summed E-state index contributed by atoms with van der Waals surface area (Å²) in [4.78, 5) is 8.64. The first-order valence-corrected chi connectivity index (χ1v) is 7.63. The van der Waals surface area contributed by atoms with E-state index in [4.69, 9.17) is 9.47 Å². The van der Waals surface area contributed by atoms with Crippen molar-refractivity contribution in [1.82, 2.24) is 9.97 Å². The first kappa shape index (κ1) is 14.7. The molecule has 3 heterocycles. The van der Waals surface area contributed by atoms with Crippen LogP contribution < -0.4 is 5.32 Å². The number of nitrogens with one attached hydrogen (secondary N) is 1. The highest BCUT2D eigenvalue weighted by Crippen LogP contribution is 2.30. The number of hydrogen-bond donors (Lipinski definition) is 2. The molecule has 0 saturated carbocycles.